The molecule has 0 aliphatic heterocycles. The Morgan fingerprint density at radius 1 is 1.03 bits per heavy atom. The number of rotatable bonds is 9. The smallest absolute Gasteiger partial charge is 0.240 e. The fourth-order valence-electron chi connectivity index (χ4n) is 2.67. The molecule has 0 fully saturated rings. The maximum absolute atomic E-state index is 13.2. The summed E-state index contributed by atoms with van der Waals surface area (Å²) in [5.41, 5.74) is 1.87. The van der Waals surface area contributed by atoms with Gasteiger partial charge in [-0.15, -0.1) is 0 Å². The lowest BCUT2D eigenvalue weighted by Crippen LogP contribution is -2.31. The number of aromatic nitrogens is 2. The summed E-state index contributed by atoms with van der Waals surface area (Å²) in [5.74, 6) is -2.73. The van der Waals surface area contributed by atoms with Crippen LogP contribution in [0.15, 0.2) is 65.8 Å². The van der Waals surface area contributed by atoms with Crippen LogP contribution in [0.2, 0.25) is 0 Å². The maximum atomic E-state index is 13.2. The van der Waals surface area contributed by atoms with Crippen LogP contribution in [-0.4, -0.2) is 37.2 Å². The van der Waals surface area contributed by atoms with Gasteiger partial charge in [0.2, 0.25) is 15.9 Å². The molecule has 1 aromatic heterocycles. The zero-order valence-corrected chi connectivity index (χ0v) is 16.7. The predicted molar refractivity (Wildman–Crippen MR) is 106 cm³/mol. The molecule has 2 aromatic carbocycles. The summed E-state index contributed by atoms with van der Waals surface area (Å²) in [6.07, 6.45) is 4.07. The van der Waals surface area contributed by atoms with E-state index in [0.29, 0.717) is 19.0 Å². The van der Waals surface area contributed by atoms with Crippen molar-refractivity contribution < 1.29 is 22.0 Å². The highest BCUT2D eigenvalue weighted by Gasteiger charge is 2.16. The molecule has 3 aromatic rings. The van der Waals surface area contributed by atoms with Crippen molar-refractivity contribution in [1.82, 2.24) is 19.8 Å². The molecule has 0 unspecified atom stereocenters. The van der Waals surface area contributed by atoms with Gasteiger partial charge in [-0.3, -0.25) is 4.79 Å². The highest BCUT2D eigenvalue weighted by atomic mass is 32.2. The Morgan fingerprint density at radius 3 is 2.53 bits per heavy atom. The second kappa shape index (κ2) is 9.59. The molecule has 0 atom stereocenters. The van der Waals surface area contributed by atoms with E-state index in [1.54, 1.807) is 10.9 Å². The zero-order chi connectivity index (χ0) is 21.6. The summed E-state index contributed by atoms with van der Waals surface area (Å²) in [7, 11) is -4.03. The van der Waals surface area contributed by atoms with Crippen molar-refractivity contribution in [2.24, 2.45) is 0 Å². The van der Waals surface area contributed by atoms with Crippen molar-refractivity contribution in [3.63, 3.8) is 0 Å². The van der Waals surface area contributed by atoms with Crippen LogP contribution >= 0.6 is 0 Å². The van der Waals surface area contributed by atoms with Crippen molar-refractivity contribution in [3.05, 3.63) is 78.1 Å². The van der Waals surface area contributed by atoms with E-state index >= 15 is 0 Å². The van der Waals surface area contributed by atoms with E-state index in [0.717, 1.165) is 23.4 Å². The SMILES string of the molecule is O=C(CCNS(=O)(=O)c1ccc(F)c(F)c1)NCCc1cnn(-c2ccccc2)c1. The predicted octanol–water partition coefficient (Wildman–Crippen LogP) is 2.18. The number of nitrogens with one attached hydrogen (secondary N) is 2. The van der Waals surface area contributed by atoms with Gasteiger partial charge in [0, 0.05) is 25.7 Å². The molecular weight excluding hydrogens is 414 g/mol. The summed E-state index contributed by atoms with van der Waals surface area (Å²) in [5, 5.41) is 6.98. The molecule has 1 amide bonds. The minimum Gasteiger partial charge on any atom is -0.356 e. The van der Waals surface area contributed by atoms with Crippen LogP contribution in [-0.2, 0) is 21.2 Å². The third kappa shape index (κ3) is 5.71. The minimum absolute atomic E-state index is 0.0911. The normalized spacial score (nSPS) is 11.4. The summed E-state index contributed by atoms with van der Waals surface area (Å²) >= 11 is 0. The Kier molecular flexibility index (Phi) is 6.91. The molecule has 7 nitrogen and oxygen atoms in total. The maximum Gasteiger partial charge on any atom is 0.240 e. The van der Waals surface area contributed by atoms with Gasteiger partial charge in [0.05, 0.1) is 16.8 Å². The van der Waals surface area contributed by atoms with E-state index in [9.17, 15) is 22.0 Å². The van der Waals surface area contributed by atoms with Gasteiger partial charge in [-0.1, -0.05) is 18.2 Å². The molecule has 0 bridgehead atoms. The third-order valence-electron chi connectivity index (χ3n) is 4.24. The number of carbonyl (C=O) groups is 1. The number of amides is 1. The van der Waals surface area contributed by atoms with E-state index < -0.39 is 26.6 Å². The van der Waals surface area contributed by atoms with Crippen LogP contribution < -0.4 is 10.0 Å². The standard InChI is InChI=1S/C20H20F2N4O3S/c21-18-7-6-17(12-19(18)22)30(28,29)25-11-9-20(27)23-10-8-15-13-24-26(14-15)16-4-2-1-3-5-16/h1-7,12-14,25H,8-11H2,(H,23,27). The van der Waals surface area contributed by atoms with Crippen molar-refractivity contribution >= 4 is 15.9 Å². The fourth-order valence-corrected chi connectivity index (χ4v) is 3.72. The lowest BCUT2D eigenvalue weighted by Gasteiger charge is -2.08. The Bertz CT molecular complexity index is 1120. The molecule has 3 rings (SSSR count). The quantitative estimate of drug-likeness (QED) is 0.540. The first-order chi connectivity index (χ1) is 14.3. The molecule has 0 aliphatic carbocycles. The first-order valence-electron chi connectivity index (χ1n) is 9.15. The lowest BCUT2D eigenvalue weighted by atomic mass is 10.2. The summed E-state index contributed by atoms with van der Waals surface area (Å²) in [4.78, 5) is 11.5. The van der Waals surface area contributed by atoms with Gasteiger partial charge < -0.3 is 5.32 Å². The van der Waals surface area contributed by atoms with E-state index in [-0.39, 0.29) is 18.9 Å². The van der Waals surface area contributed by atoms with E-state index in [1.165, 1.54) is 0 Å². The first-order valence-corrected chi connectivity index (χ1v) is 10.6. The van der Waals surface area contributed by atoms with E-state index in [2.05, 4.69) is 15.1 Å². The number of nitrogens with zero attached hydrogens (tertiary/aromatic N) is 2. The van der Waals surface area contributed by atoms with Crippen molar-refractivity contribution in [1.29, 1.82) is 0 Å². The molecule has 0 saturated heterocycles. The van der Waals surface area contributed by atoms with Gasteiger partial charge in [-0.25, -0.2) is 26.6 Å². The van der Waals surface area contributed by atoms with Gasteiger partial charge in [0.15, 0.2) is 11.6 Å². The summed E-state index contributed by atoms with van der Waals surface area (Å²) in [6.45, 7) is 0.203. The number of para-hydroxylation sites is 1. The Morgan fingerprint density at radius 2 is 1.80 bits per heavy atom. The Hall–Kier alpha value is -3.11. The lowest BCUT2D eigenvalue weighted by molar-refractivity contribution is -0.120. The number of carbonyl (C=O) groups excluding carboxylic acids is 1. The number of halogens is 2. The fraction of sp³-hybridized carbons (Fsp3) is 0.200. The second-order valence-electron chi connectivity index (χ2n) is 6.45. The monoisotopic (exact) mass is 434 g/mol. The Labute approximate surface area is 172 Å². The van der Waals surface area contributed by atoms with Crippen LogP contribution in [0.4, 0.5) is 8.78 Å². The highest BCUT2D eigenvalue weighted by Crippen LogP contribution is 2.13. The van der Waals surface area contributed by atoms with E-state index in [4.69, 9.17) is 0 Å². The molecule has 0 radical (unpaired) electrons. The number of sulfonamides is 1. The molecule has 0 saturated carbocycles. The van der Waals surface area contributed by atoms with Crippen molar-refractivity contribution in [2.45, 2.75) is 17.7 Å². The largest absolute Gasteiger partial charge is 0.356 e. The first kappa shape index (κ1) is 21.6. The minimum atomic E-state index is -4.03. The topological polar surface area (TPSA) is 93.1 Å². The highest BCUT2D eigenvalue weighted by molar-refractivity contribution is 7.89. The molecule has 0 spiro atoms. The van der Waals surface area contributed by atoms with Crippen LogP contribution in [0.25, 0.3) is 5.69 Å². The molecule has 2 N–H and O–H groups in total. The zero-order valence-electron chi connectivity index (χ0n) is 15.9. The van der Waals surface area contributed by atoms with Gasteiger partial charge in [-0.05, 0) is 42.3 Å². The Balaban J connectivity index is 1.41. The van der Waals surface area contributed by atoms with Crippen molar-refractivity contribution in [2.75, 3.05) is 13.1 Å². The average molecular weight is 434 g/mol. The molecular formula is C20H20F2N4O3S. The van der Waals surface area contributed by atoms with Gasteiger partial charge in [0.1, 0.15) is 0 Å². The van der Waals surface area contributed by atoms with Crippen LogP contribution in [0.5, 0.6) is 0 Å². The summed E-state index contributed by atoms with van der Waals surface area (Å²) in [6, 6.07) is 11.9. The number of hydrogen-bond donors (Lipinski definition) is 2. The van der Waals surface area contributed by atoms with Gasteiger partial charge in [-0.2, -0.15) is 5.10 Å². The molecule has 30 heavy (non-hydrogen) atoms. The van der Waals surface area contributed by atoms with Crippen molar-refractivity contribution in [3.8, 4) is 5.69 Å². The number of benzene rings is 2. The summed E-state index contributed by atoms with van der Waals surface area (Å²) < 4.78 is 54.2. The van der Waals surface area contributed by atoms with Gasteiger partial charge in [0.25, 0.3) is 0 Å². The molecule has 1 heterocycles. The average Bonchev–Trinajstić information content (AvgIpc) is 3.19. The number of hydrogen-bond acceptors (Lipinski definition) is 4. The second-order valence-corrected chi connectivity index (χ2v) is 8.22. The van der Waals surface area contributed by atoms with Crippen LogP contribution in [0, 0.1) is 11.6 Å². The van der Waals surface area contributed by atoms with Crippen LogP contribution in [0.3, 0.4) is 0 Å². The molecule has 10 heteroatoms. The third-order valence-corrected chi connectivity index (χ3v) is 5.70. The van der Waals surface area contributed by atoms with Gasteiger partial charge >= 0.3 is 0 Å². The van der Waals surface area contributed by atoms with Crippen LogP contribution in [0.1, 0.15) is 12.0 Å². The molecule has 158 valence electrons. The molecule has 0 aliphatic rings. The van der Waals surface area contributed by atoms with E-state index in [1.807, 2.05) is 36.5 Å².